The summed E-state index contributed by atoms with van der Waals surface area (Å²) in [4.78, 5) is 0. The summed E-state index contributed by atoms with van der Waals surface area (Å²) < 4.78 is 32.1. The van der Waals surface area contributed by atoms with Gasteiger partial charge in [-0.15, -0.1) is 10.2 Å². The average molecular weight is 323 g/mol. The molecule has 0 radical (unpaired) electrons. The van der Waals surface area contributed by atoms with Gasteiger partial charge in [-0.2, -0.15) is 0 Å². The van der Waals surface area contributed by atoms with E-state index in [1.807, 2.05) is 39.0 Å². The van der Waals surface area contributed by atoms with Crippen molar-refractivity contribution >= 4 is 10.0 Å². The van der Waals surface area contributed by atoms with Crippen molar-refractivity contribution in [2.75, 3.05) is 6.54 Å². The number of aromatic nitrogens is 2. The van der Waals surface area contributed by atoms with E-state index >= 15 is 0 Å². The molecular weight excluding hydrogens is 302 g/mol. The second-order valence-corrected chi connectivity index (χ2v) is 7.39. The van der Waals surface area contributed by atoms with Crippen LogP contribution in [-0.4, -0.2) is 25.2 Å². The van der Waals surface area contributed by atoms with Crippen LogP contribution in [0.15, 0.2) is 28.7 Å². The summed E-state index contributed by atoms with van der Waals surface area (Å²) in [5, 5.41) is 7.82. The lowest BCUT2D eigenvalue weighted by Gasteiger charge is -2.06. The van der Waals surface area contributed by atoms with Gasteiger partial charge in [0.25, 0.3) is 0 Å². The number of nitrogens with one attached hydrogen (secondary N) is 1. The molecule has 0 amide bonds. The molecule has 1 heterocycles. The van der Waals surface area contributed by atoms with E-state index in [9.17, 15) is 8.42 Å². The van der Waals surface area contributed by atoms with Crippen LogP contribution < -0.4 is 4.72 Å². The van der Waals surface area contributed by atoms with Crippen molar-refractivity contribution in [1.82, 2.24) is 14.9 Å². The molecule has 0 fully saturated rings. The van der Waals surface area contributed by atoms with Gasteiger partial charge in [-0.25, -0.2) is 13.1 Å². The zero-order valence-corrected chi connectivity index (χ0v) is 13.9. The number of nitrogens with zero attached hydrogens (tertiary/aromatic N) is 2. The molecule has 0 aliphatic rings. The van der Waals surface area contributed by atoms with E-state index in [0.29, 0.717) is 18.2 Å². The Labute approximate surface area is 131 Å². The Morgan fingerprint density at radius 3 is 2.68 bits per heavy atom. The second-order valence-electron chi connectivity index (χ2n) is 5.58. The molecular formula is C15H21N3O3S. The van der Waals surface area contributed by atoms with Gasteiger partial charge in [-0.3, -0.25) is 0 Å². The van der Waals surface area contributed by atoms with E-state index in [2.05, 4.69) is 14.9 Å². The summed E-state index contributed by atoms with van der Waals surface area (Å²) in [5.74, 6) is 1.15. The van der Waals surface area contributed by atoms with Gasteiger partial charge in [-0.05, 0) is 12.5 Å². The Hall–Kier alpha value is -1.73. The van der Waals surface area contributed by atoms with E-state index in [1.54, 1.807) is 6.07 Å². The first-order valence-corrected chi connectivity index (χ1v) is 8.86. The average Bonchev–Trinajstić information content (AvgIpc) is 2.87. The highest BCUT2D eigenvalue weighted by Crippen LogP contribution is 2.12. The Kier molecular flexibility index (Phi) is 5.31. The summed E-state index contributed by atoms with van der Waals surface area (Å²) in [6.07, 6.45) is 0.382. The smallest absolute Gasteiger partial charge is 0.219 e. The number of aryl methyl sites for hydroxylation is 1. The fourth-order valence-corrected chi connectivity index (χ4v) is 3.12. The molecule has 1 N–H and O–H groups in total. The highest BCUT2D eigenvalue weighted by molar-refractivity contribution is 7.88. The monoisotopic (exact) mass is 323 g/mol. The van der Waals surface area contributed by atoms with Gasteiger partial charge in [0.05, 0.1) is 5.75 Å². The summed E-state index contributed by atoms with van der Waals surface area (Å²) >= 11 is 0. The minimum atomic E-state index is -3.37. The fraction of sp³-hybridized carbons (Fsp3) is 0.467. The minimum Gasteiger partial charge on any atom is -0.425 e. The standard InChI is InChI=1S/C15H21N3O3S/c1-11(2)15-18-17-14(21-15)7-8-16-22(19,20)10-13-6-4-5-12(3)9-13/h4-6,9,11,16H,7-8,10H2,1-3H3. The van der Waals surface area contributed by atoms with Gasteiger partial charge in [0.1, 0.15) is 0 Å². The van der Waals surface area contributed by atoms with Crippen molar-refractivity contribution in [3.05, 3.63) is 47.2 Å². The van der Waals surface area contributed by atoms with Gasteiger partial charge in [0, 0.05) is 18.9 Å². The van der Waals surface area contributed by atoms with Crippen LogP contribution in [0.5, 0.6) is 0 Å². The van der Waals surface area contributed by atoms with E-state index in [-0.39, 0.29) is 18.2 Å². The number of benzene rings is 1. The molecule has 1 aromatic carbocycles. The molecule has 22 heavy (non-hydrogen) atoms. The highest BCUT2D eigenvalue weighted by atomic mass is 32.2. The van der Waals surface area contributed by atoms with Crippen molar-refractivity contribution in [2.45, 2.75) is 38.9 Å². The predicted octanol–water partition coefficient (Wildman–Crippen LogP) is 2.16. The molecule has 0 aliphatic carbocycles. The first-order chi connectivity index (χ1) is 10.4. The van der Waals surface area contributed by atoms with Crippen molar-refractivity contribution in [1.29, 1.82) is 0 Å². The summed E-state index contributed by atoms with van der Waals surface area (Å²) in [6, 6.07) is 7.46. The van der Waals surface area contributed by atoms with Crippen molar-refractivity contribution in [3.8, 4) is 0 Å². The lowest BCUT2D eigenvalue weighted by atomic mass is 10.2. The van der Waals surface area contributed by atoms with Crippen molar-refractivity contribution in [3.63, 3.8) is 0 Å². The van der Waals surface area contributed by atoms with Gasteiger partial charge in [0.15, 0.2) is 0 Å². The number of rotatable bonds is 7. The molecule has 0 unspecified atom stereocenters. The van der Waals surface area contributed by atoms with Crippen LogP contribution in [0.4, 0.5) is 0 Å². The molecule has 0 saturated heterocycles. The third kappa shape index (κ3) is 4.92. The van der Waals surface area contributed by atoms with Gasteiger partial charge in [-0.1, -0.05) is 43.7 Å². The lowest BCUT2D eigenvalue weighted by Crippen LogP contribution is -2.27. The van der Waals surface area contributed by atoms with Crippen LogP contribution in [0.25, 0.3) is 0 Å². The summed E-state index contributed by atoms with van der Waals surface area (Å²) in [5.41, 5.74) is 1.81. The third-order valence-corrected chi connectivity index (χ3v) is 4.43. The van der Waals surface area contributed by atoms with Gasteiger partial charge >= 0.3 is 0 Å². The molecule has 0 aliphatic heterocycles. The van der Waals surface area contributed by atoms with Crippen molar-refractivity contribution < 1.29 is 12.8 Å². The number of sulfonamides is 1. The fourth-order valence-electron chi connectivity index (χ4n) is 1.99. The topological polar surface area (TPSA) is 85.1 Å². The Bertz CT molecular complexity index is 723. The maximum absolute atomic E-state index is 12.0. The molecule has 0 atom stereocenters. The normalized spacial score (nSPS) is 12.0. The molecule has 0 spiro atoms. The lowest BCUT2D eigenvalue weighted by molar-refractivity contribution is 0.431. The van der Waals surface area contributed by atoms with Crippen LogP contribution in [0.2, 0.25) is 0 Å². The zero-order valence-electron chi connectivity index (χ0n) is 13.0. The quantitative estimate of drug-likeness (QED) is 0.844. The van der Waals surface area contributed by atoms with Crippen LogP contribution >= 0.6 is 0 Å². The van der Waals surface area contributed by atoms with E-state index in [4.69, 9.17) is 4.42 Å². The van der Waals surface area contributed by atoms with Gasteiger partial charge in [0.2, 0.25) is 21.8 Å². The van der Waals surface area contributed by atoms with E-state index in [0.717, 1.165) is 11.1 Å². The SMILES string of the molecule is Cc1cccc(CS(=O)(=O)NCCc2nnc(C(C)C)o2)c1. The Morgan fingerprint density at radius 2 is 2.05 bits per heavy atom. The molecule has 7 heteroatoms. The summed E-state index contributed by atoms with van der Waals surface area (Å²) in [6.45, 7) is 6.10. The second kappa shape index (κ2) is 7.02. The molecule has 6 nitrogen and oxygen atoms in total. The Balaban J connectivity index is 1.87. The molecule has 2 rings (SSSR count). The molecule has 2 aromatic rings. The van der Waals surface area contributed by atoms with Crippen LogP contribution in [0.3, 0.4) is 0 Å². The molecule has 120 valence electrons. The zero-order chi connectivity index (χ0) is 16.2. The predicted molar refractivity (Wildman–Crippen MR) is 83.9 cm³/mol. The number of hydrogen-bond acceptors (Lipinski definition) is 5. The van der Waals surface area contributed by atoms with Crippen molar-refractivity contribution in [2.24, 2.45) is 0 Å². The maximum atomic E-state index is 12.0. The maximum Gasteiger partial charge on any atom is 0.219 e. The first kappa shape index (κ1) is 16.6. The van der Waals surface area contributed by atoms with Crippen LogP contribution in [0.1, 0.15) is 42.7 Å². The largest absolute Gasteiger partial charge is 0.425 e. The van der Waals surface area contributed by atoms with Gasteiger partial charge < -0.3 is 4.42 Å². The van der Waals surface area contributed by atoms with E-state index < -0.39 is 10.0 Å². The number of hydrogen-bond donors (Lipinski definition) is 1. The van der Waals surface area contributed by atoms with E-state index in [1.165, 1.54) is 0 Å². The molecule has 0 saturated carbocycles. The molecule has 0 bridgehead atoms. The minimum absolute atomic E-state index is 0.0320. The molecule has 1 aromatic heterocycles. The third-order valence-electron chi connectivity index (χ3n) is 3.08. The van der Waals surface area contributed by atoms with Crippen LogP contribution in [0, 0.1) is 6.92 Å². The first-order valence-electron chi connectivity index (χ1n) is 7.21. The Morgan fingerprint density at radius 1 is 1.27 bits per heavy atom. The highest BCUT2D eigenvalue weighted by Gasteiger charge is 2.13. The summed E-state index contributed by atoms with van der Waals surface area (Å²) in [7, 11) is -3.37. The van der Waals surface area contributed by atoms with Crippen LogP contribution in [-0.2, 0) is 22.2 Å².